The molecular weight excluding hydrogens is 234 g/mol. The van der Waals surface area contributed by atoms with Crippen LogP contribution in [0.4, 0.5) is 4.79 Å². The van der Waals surface area contributed by atoms with Crippen LogP contribution in [0, 0.1) is 0 Å². The van der Waals surface area contributed by atoms with Crippen LogP contribution in [-0.4, -0.2) is 52.1 Å². The molecule has 1 aliphatic rings. The Morgan fingerprint density at radius 2 is 2.25 bits per heavy atom. The molecule has 0 aromatic heterocycles. The standard InChI is InChI=1S/C8H17N3O4S/c1-9-6-7-4-3-5-11(7)16(13,14)10-8(12)15-2/h7,9H,3-6H2,1-2H3,(H,10,12). The fourth-order valence-corrected chi connectivity index (χ4v) is 3.12. The Balaban J connectivity index is 2.70. The molecule has 1 fully saturated rings. The quantitative estimate of drug-likeness (QED) is 0.688. The van der Waals surface area contributed by atoms with Gasteiger partial charge in [0, 0.05) is 19.1 Å². The van der Waals surface area contributed by atoms with Gasteiger partial charge in [0.15, 0.2) is 0 Å². The van der Waals surface area contributed by atoms with E-state index in [0.717, 1.165) is 20.0 Å². The summed E-state index contributed by atoms with van der Waals surface area (Å²) in [7, 11) is -0.888. The normalized spacial score (nSPS) is 22.0. The smallest absolute Gasteiger partial charge is 0.421 e. The molecule has 1 unspecified atom stereocenters. The Labute approximate surface area is 95.3 Å². The number of nitrogens with zero attached hydrogens (tertiary/aromatic N) is 1. The highest BCUT2D eigenvalue weighted by molar-refractivity contribution is 7.87. The highest BCUT2D eigenvalue weighted by Gasteiger charge is 2.34. The van der Waals surface area contributed by atoms with Crippen molar-refractivity contribution < 1.29 is 17.9 Å². The summed E-state index contributed by atoms with van der Waals surface area (Å²) in [6.45, 7) is 1.00. The van der Waals surface area contributed by atoms with E-state index in [4.69, 9.17) is 0 Å². The average molecular weight is 251 g/mol. The molecule has 1 rings (SSSR count). The summed E-state index contributed by atoms with van der Waals surface area (Å²) in [5.41, 5.74) is 0. The van der Waals surface area contributed by atoms with Gasteiger partial charge in [0.05, 0.1) is 7.11 Å². The minimum absolute atomic E-state index is 0.104. The first-order chi connectivity index (χ1) is 7.51. The van der Waals surface area contributed by atoms with Crippen LogP contribution < -0.4 is 10.0 Å². The number of hydrogen-bond donors (Lipinski definition) is 2. The number of hydrogen-bond acceptors (Lipinski definition) is 5. The van der Waals surface area contributed by atoms with E-state index >= 15 is 0 Å². The average Bonchev–Trinajstić information content (AvgIpc) is 2.66. The van der Waals surface area contributed by atoms with Crippen molar-refractivity contribution in [2.24, 2.45) is 0 Å². The van der Waals surface area contributed by atoms with E-state index < -0.39 is 16.3 Å². The number of nitrogens with one attached hydrogen (secondary N) is 2. The maximum atomic E-state index is 11.8. The topological polar surface area (TPSA) is 87.7 Å². The molecule has 94 valence electrons. The van der Waals surface area contributed by atoms with Gasteiger partial charge in [0.1, 0.15) is 0 Å². The Morgan fingerprint density at radius 3 is 2.81 bits per heavy atom. The van der Waals surface area contributed by atoms with E-state index in [1.54, 1.807) is 7.05 Å². The van der Waals surface area contributed by atoms with Gasteiger partial charge in [0.2, 0.25) is 0 Å². The van der Waals surface area contributed by atoms with E-state index in [2.05, 4.69) is 10.1 Å². The number of carbonyl (C=O) groups is 1. The Hall–Kier alpha value is -0.860. The molecule has 8 heteroatoms. The first kappa shape index (κ1) is 13.2. The molecule has 1 saturated heterocycles. The van der Waals surface area contributed by atoms with Crippen LogP contribution in [0.15, 0.2) is 0 Å². The van der Waals surface area contributed by atoms with Gasteiger partial charge in [0.25, 0.3) is 0 Å². The summed E-state index contributed by atoms with van der Waals surface area (Å²) in [6, 6.07) is -0.104. The maximum absolute atomic E-state index is 11.8. The zero-order valence-electron chi connectivity index (χ0n) is 9.39. The zero-order valence-corrected chi connectivity index (χ0v) is 10.2. The lowest BCUT2D eigenvalue weighted by Gasteiger charge is -2.23. The molecule has 0 radical (unpaired) electrons. The van der Waals surface area contributed by atoms with Crippen LogP contribution in [0.2, 0.25) is 0 Å². The fourth-order valence-electron chi connectivity index (χ4n) is 1.77. The van der Waals surface area contributed by atoms with Gasteiger partial charge in [-0.25, -0.2) is 9.52 Å². The summed E-state index contributed by atoms with van der Waals surface area (Å²) in [6.07, 6.45) is 0.632. The second kappa shape index (κ2) is 5.46. The highest BCUT2D eigenvalue weighted by atomic mass is 32.2. The summed E-state index contributed by atoms with van der Waals surface area (Å²) in [4.78, 5) is 10.9. The van der Waals surface area contributed by atoms with Gasteiger partial charge >= 0.3 is 16.3 Å². The van der Waals surface area contributed by atoms with Gasteiger partial charge in [-0.15, -0.1) is 0 Å². The molecule has 1 atom stereocenters. The van der Waals surface area contributed by atoms with E-state index in [9.17, 15) is 13.2 Å². The Kier molecular flexibility index (Phi) is 4.51. The number of amides is 1. The van der Waals surface area contributed by atoms with E-state index in [1.165, 1.54) is 4.31 Å². The first-order valence-corrected chi connectivity index (χ1v) is 6.47. The van der Waals surface area contributed by atoms with Crippen molar-refractivity contribution in [3.63, 3.8) is 0 Å². The Bertz CT molecular complexity index is 343. The molecule has 0 aliphatic carbocycles. The number of likely N-dealkylation sites (N-methyl/N-ethyl adjacent to an activating group) is 1. The second-order valence-corrected chi connectivity index (χ2v) is 5.19. The number of methoxy groups -OCH3 is 1. The lowest BCUT2D eigenvalue weighted by atomic mass is 10.2. The maximum Gasteiger partial charge on any atom is 0.421 e. The zero-order chi connectivity index (χ0) is 12.2. The molecule has 0 bridgehead atoms. The van der Waals surface area contributed by atoms with Crippen LogP contribution in [0.3, 0.4) is 0 Å². The van der Waals surface area contributed by atoms with Crippen LogP contribution >= 0.6 is 0 Å². The van der Waals surface area contributed by atoms with Crippen LogP contribution in [0.25, 0.3) is 0 Å². The van der Waals surface area contributed by atoms with Crippen molar-refractivity contribution in [2.45, 2.75) is 18.9 Å². The van der Waals surface area contributed by atoms with E-state index in [-0.39, 0.29) is 6.04 Å². The molecule has 0 aromatic carbocycles. The fraction of sp³-hybridized carbons (Fsp3) is 0.875. The predicted molar refractivity (Wildman–Crippen MR) is 58.1 cm³/mol. The molecule has 2 N–H and O–H groups in total. The van der Waals surface area contributed by atoms with Gasteiger partial charge in [-0.1, -0.05) is 0 Å². The van der Waals surface area contributed by atoms with Crippen LogP contribution in [0.5, 0.6) is 0 Å². The minimum atomic E-state index is -3.77. The predicted octanol–water partition coefficient (Wildman–Crippen LogP) is -0.729. The van der Waals surface area contributed by atoms with Gasteiger partial charge in [-0.05, 0) is 19.9 Å². The van der Waals surface area contributed by atoms with Crippen molar-refractivity contribution in [3.8, 4) is 0 Å². The molecule has 7 nitrogen and oxygen atoms in total. The van der Waals surface area contributed by atoms with Crippen molar-refractivity contribution >= 4 is 16.3 Å². The van der Waals surface area contributed by atoms with Crippen molar-refractivity contribution in [1.29, 1.82) is 0 Å². The third-order valence-electron chi connectivity index (χ3n) is 2.47. The van der Waals surface area contributed by atoms with Gasteiger partial charge in [-0.2, -0.15) is 12.7 Å². The van der Waals surface area contributed by atoms with Crippen molar-refractivity contribution in [1.82, 2.24) is 14.3 Å². The van der Waals surface area contributed by atoms with E-state index in [1.807, 2.05) is 4.72 Å². The minimum Gasteiger partial charge on any atom is -0.452 e. The van der Waals surface area contributed by atoms with Crippen LogP contribution in [0.1, 0.15) is 12.8 Å². The molecule has 1 amide bonds. The third kappa shape index (κ3) is 3.06. The molecule has 0 aromatic rings. The number of ether oxygens (including phenoxy) is 1. The summed E-state index contributed by atoms with van der Waals surface area (Å²) in [5, 5.41) is 2.93. The molecule has 1 heterocycles. The largest absolute Gasteiger partial charge is 0.452 e. The van der Waals surface area contributed by atoms with Gasteiger partial charge in [-0.3, -0.25) is 0 Å². The summed E-state index contributed by atoms with van der Waals surface area (Å²) >= 11 is 0. The molecule has 0 spiro atoms. The van der Waals surface area contributed by atoms with E-state index in [0.29, 0.717) is 13.1 Å². The second-order valence-electron chi connectivity index (χ2n) is 3.56. The summed E-state index contributed by atoms with van der Waals surface area (Å²) < 4.78 is 31.0. The number of rotatable bonds is 4. The lowest BCUT2D eigenvalue weighted by Crippen LogP contribution is -2.48. The Morgan fingerprint density at radius 1 is 1.56 bits per heavy atom. The molecule has 1 aliphatic heterocycles. The molecular formula is C8H17N3O4S. The van der Waals surface area contributed by atoms with Gasteiger partial charge < -0.3 is 10.1 Å². The highest BCUT2D eigenvalue weighted by Crippen LogP contribution is 2.19. The van der Waals surface area contributed by atoms with Crippen molar-refractivity contribution in [2.75, 3.05) is 27.2 Å². The third-order valence-corrected chi connectivity index (χ3v) is 3.99. The number of carbonyl (C=O) groups excluding carboxylic acids is 1. The molecule has 16 heavy (non-hydrogen) atoms. The molecule has 0 saturated carbocycles. The SMILES string of the molecule is CNCC1CCCN1S(=O)(=O)NC(=O)OC. The van der Waals surface area contributed by atoms with Crippen molar-refractivity contribution in [3.05, 3.63) is 0 Å². The van der Waals surface area contributed by atoms with Crippen LogP contribution in [-0.2, 0) is 14.9 Å². The monoisotopic (exact) mass is 251 g/mol. The summed E-state index contributed by atoms with van der Waals surface area (Å²) in [5.74, 6) is 0. The first-order valence-electron chi connectivity index (χ1n) is 5.03. The lowest BCUT2D eigenvalue weighted by molar-refractivity contribution is 0.176.